The van der Waals surface area contributed by atoms with E-state index in [2.05, 4.69) is 10.2 Å². The number of benzene rings is 1. The minimum absolute atomic E-state index is 0.534. The molecule has 0 heterocycles. The second-order valence-corrected chi connectivity index (χ2v) is 6.47. The molecule has 1 atom stereocenters. The Morgan fingerprint density at radius 3 is 2.32 bits per heavy atom. The van der Waals surface area contributed by atoms with Gasteiger partial charge in [-0.05, 0) is 42.7 Å². The molecule has 0 fully saturated rings. The van der Waals surface area contributed by atoms with Crippen LogP contribution in [0, 0.1) is 0 Å². The molecule has 2 N–H and O–H groups in total. The van der Waals surface area contributed by atoms with E-state index in [0.717, 1.165) is 30.2 Å². The molecule has 0 bridgehead atoms. The van der Waals surface area contributed by atoms with Gasteiger partial charge in [0, 0.05) is 36.2 Å². The van der Waals surface area contributed by atoms with Gasteiger partial charge in [0.2, 0.25) is 0 Å². The number of rotatable bonds is 11. The zero-order valence-corrected chi connectivity index (χ0v) is 14.9. The lowest BCUT2D eigenvalue weighted by atomic mass is 10.2. The number of hydrogen-bond donors (Lipinski definition) is 2. The minimum Gasteiger partial charge on any atom is -0.480 e. The maximum Gasteiger partial charge on any atom is 0.326 e. The number of carboxylic acids is 1. The van der Waals surface area contributed by atoms with Crippen LogP contribution in [0.3, 0.4) is 0 Å². The monoisotopic (exact) mass is 364 g/mol. The van der Waals surface area contributed by atoms with Gasteiger partial charge in [0.05, 0.1) is 0 Å². The predicted molar refractivity (Wildman–Crippen MR) is 98.1 cm³/mol. The molecule has 0 amide bonds. The number of nitrogens with one attached hydrogen (secondary N) is 1. The van der Waals surface area contributed by atoms with E-state index in [1.54, 1.807) is 11.8 Å². The third-order valence-electron chi connectivity index (χ3n) is 3.19. The zero-order valence-electron chi connectivity index (χ0n) is 12.6. The van der Waals surface area contributed by atoms with E-state index in [1.807, 2.05) is 30.5 Å². The Kier molecular flexibility index (Phi) is 9.52. The summed E-state index contributed by atoms with van der Waals surface area (Å²) in [5.74, 6) is 1.05. The molecule has 0 aliphatic heterocycles. The molecular weight excluding hydrogens is 343 g/mol. The summed E-state index contributed by atoms with van der Waals surface area (Å²) in [4.78, 5) is 13.3. The molecule has 1 aromatic rings. The van der Waals surface area contributed by atoms with Crippen molar-refractivity contribution in [3.05, 3.63) is 24.3 Å². The van der Waals surface area contributed by atoms with Crippen LogP contribution in [0.5, 0.6) is 0 Å². The fourth-order valence-corrected chi connectivity index (χ4v) is 2.92. The topological polar surface area (TPSA) is 52.6 Å². The minimum atomic E-state index is -0.830. The fourth-order valence-electron chi connectivity index (χ4n) is 2.04. The molecule has 0 aliphatic rings. The number of carbonyl (C=O) groups is 1. The van der Waals surface area contributed by atoms with Crippen molar-refractivity contribution in [1.82, 2.24) is 0 Å². The van der Waals surface area contributed by atoms with E-state index in [1.165, 1.54) is 0 Å². The number of carboxylic acid groups (broad SMARTS) is 1. The first-order chi connectivity index (χ1) is 10.6. The van der Waals surface area contributed by atoms with Crippen LogP contribution in [-0.4, -0.2) is 54.0 Å². The molecular formula is C15H22Cl2N2O2S. The largest absolute Gasteiger partial charge is 0.480 e. The molecule has 0 aliphatic carbocycles. The fraction of sp³-hybridized carbons (Fsp3) is 0.533. The standard InChI is InChI=1S/C15H22Cl2N2O2S/c1-22-11-6-14(15(20)21)18-12-2-4-13(5-3-12)19(9-7-16)10-8-17/h2-5,14,18H,6-11H2,1H3,(H,20,21)/t14-/m0/s1. The Morgan fingerprint density at radius 2 is 1.86 bits per heavy atom. The third kappa shape index (κ3) is 6.55. The summed E-state index contributed by atoms with van der Waals surface area (Å²) in [6.45, 7) is 1.46. The number of thioether (sulfide) groups is 1. The Hall–Kier alpha value is -0.780. The van der Waals surface area contributed by atoms with E-state index in [9.17, 15) is 9.90 Å². The first-order valence-electron chi connectivity index (χ1n) is 7.07. The summed E-state index contributed by atoms with van der Waals surface area (Å²) in [5.41, 5.74) is 1.83. The molecule has 1 aromatic carbocycles. The van der Waals surface area contributed by atoms with Gasteiger partial charge in [0.25, 0.3) is 0 Å². The molecule has 0 aromatic heterocycles. The highest BCUT2D eigenvalue weighted by Crippen LogP contribution is 2.19. The van der Waals surface area contributed by atoms with Crippen molar-refractivity contribution < 1.29 is 9.90 Å². The van der Waals surface area contributed by atoms with Crippen LogP contribution < -0.4 is 10.2 Å². The second-order valence-electron chi connectivity index (χ2n) is 4.73. The second kappa shape index (κ2) is 10.9. The van der Waals surface area contributed by atoms with Crippen molar-refractivity contribution in [2.24, 2.45) is 0 Å². The van der Waals surface area contributed by atoms with E-state index in [0.29, 0.717) is 18.2 Å². The first-order valence-corrected chi connectivity index (χ1v) is 9.54. The summed E-state index contributed by atoms with van der Waals surface area (Å²) < 4.78 is 0. The molecule has 0 spiro atoms. The molecule has 1 rings (SSSR count). The van der Waals surface area contributed by atoms with Gasteiger partial charge in [-0.3, -0.25) is 0 Å². The van der Waals surface area contributed by atoms with Gasteiger partial charge in [-0.15, -0.1) is 23.2 Å². The van der Waals surface area contributed by atoms with E-state index in [-0.39, 0.29) is 0 Å². The Morgan fingerprint density at radius 1 is 1.27 bits per heavy atom. The van der Waals surface area contributed by atoms with Crippen LogP contribution in [0.2, 0.25) is 0 Å². The molecule has 0 unspecified atom stereocenters. The summed E-state index contributed by atoms with van der Waals surface area (Å²) >= 11 is 13.2. The number of aliphatic carboxylic acids is 1. The quantitative estimate of drug-likeness (QED) is 0.587. The van der Waals surface area contributed by atoms with Gasteiger partial charge in [-0.2, -0.15) is 11.8 Å². The van der Waals surface area contributed by atoms with Crippen LogP contribution in [0.1, 0.15) is 6.42 Å². The SMILES string of the molecule is CSCC[C@H](Nc1ccc(N(CCCl)CCCl)cc1)C(=O)O. The highest BCUT2D eigenvalue weighted by atomic mass is 35.5. The van der Waals surface area contributed by atoms with Gasteiger partial charge in [-0.25, -0.2) is 4.79 Å². The van der Waals surface area contributed by atoms with E-state index >= 15 is 0 Å². The van der Waals surface area contributed by atoms with Gasteiger partial charge in [0.15, 0.2) is 0 Å². The van der Waals surface area contributed by atoms with Crippen molar-refractivity contribution in [1.29, 1.82) is 0 Å². The van der Waals surface area contributed by atoms with Crippen molar-refractivity contribution in [3.8, 4) is 0 Å². The average Bonchev–Trinajstić information content (AvgIpc) is 2.51. The third-order valence-corrected chi connectivity index (χ3v) is 4.17. The maximum absolute atomic E-state index is 11.2. The molecule has 7 heteroatoms. The highest BCUT2D eigenvalue weighted by molar-refractivity contribution is 7.98. The molecule has 124 valence electrons. The van der Waals surface area contributed by atoms with Gasteiger partial charge in [-0.1, -0.05) is 0 Å². The van der Waals surface area contributed by atoms with Crippen LogP contribution in [0.4, 0.5) is 11.4 Å². The summed E-state index contributed by atoms with van der Waals surface area (Å²) in [5, 5.41) is 12.3. The average molecular weight is 365 g/mol. The lowest BCUT2D eigenvalue weighted by Gasteiger charge is -2.23. The van der Waals surface area contributed by atoms with Gasteiger partial charge >= 0.3 is 5.97 Å². The van der Waals surface area contributed by atoms with Gasteiger partial charge in [0.1, 0.15) is 6.04 Å². The van der Waals surface area contributed by atoms with E-state index in [4.69, 9.17) is 23.2 Å². The normalized spacial score (nSPS) is 12.0. The smallest absolute Gasteiger partial charge is 0.326 e. The number of hydrogen-bond acceptors (Lipinski definition) is 4. The van der Waals surface area contributed by atoms with Crippen LogP contribution in [-0.2, 0) is 4.79 Å². The lowest BCUT2D eigenvalue weighted by molar-refractivity contribution is -0.137. The predicted octanol–water partition coefficient (Wildman–Crippen LogP) is 3.59. The Bertz CT molecular complexity index is 440. The molecule has 0 saturated heterocycles. The van der Waals surface area contributed by atoms with Crippen molar-refractivity contribution in [2.45, 2.75) is 12.5 Å². The van der Waals surface area contributed by atoms with Crippen LogP contribution in [0.25, 0.3) is 0 Å². The summed E-state index contributed by atoms with van der Waals surface area (Å²) in [6.07, 6.45) is 2.55. The van der Waals surface area contributed by atoms with Crippen LogP contribution >= 0.6 is 35.0 Å². The molecule has 0 radical (unpaired) electrons. The zero-order chi connectivity index (χ0) is 16.4. The van der Waals surface area contributed by atoms with Crippen molar-refractivity contribution >= 4 is 52.3 Å². The Balaban J connectivity index is 2.71. The van der Waals surface area contributed by atoms with Crippen molar-refractivity contribution in [2.75, 3.05) is 47.1 Å². The first kappa shape index (κ1) is 19.3. The summed E-state index contributed by atoms with van der Waals surface area (Å²) in [6, 6.07) is 7.11. The summed E-state index contributed by atoms with van der Waals surface area (Å²) in [7, 11) is 0. The maximum atomic E-state index is 11.2. The number of nitrogens with zero attached hydrogens (tertiary/aromatic N) is 1. The number of alkyl halides is 2. The Labute approximate surface area is 146 Å². The molecule has 4 nitrogen and oxygen atoms in total. The van der Waals surface area contributed by atoms with Crippen molar-refractivity contribution in [3.63, 3.8) is 0 Å². The highest BCUT2D eigenvalue weighted by Gasteiger charge is 2.16. The van der Waals surface area contributed by atoms with Gasteiger partial charge < -0.3 is 15.3 Å². The van der Waals surface area contributed by atoms with Crippen LogP contribution in [0.15, 0.2) is 24.3 Å². The lowest BCUT2D eigenvalue weighted by Crippen LogP contribution is -2.30. The molecule has 0 saturated carbocycles. The molecule has 22 heavy (non-hydrogen) atoms. The number of halogens is 2. The van der Waals surface area contributed by atoms with E-state index < -0.39 is 12.0 Å². The number of anilines is 2.